The van der Waals surface area contributed by atoms with Gasteiger partial charge in [-0.1, -0.05) is 73.5 Å². The van der Waals surface area contributed by atoms with E-state index >= 15 is 0 Å². The Morgan fingerprint density at radius 2 is 1.63 bits per heavy atom. The van der Waals surface area contributed by atoms with Gasteiger partial charge < -0.3 is 40.2 Å². The lowest BCUT2D eigenvalue weighted by molar-refractivity contribution is -0.000814. The molecular weight excluding hydrogens is 759 g/mol. The van der Waals surface area contributed by atoms with Crippen LogP contribution in [0.2, 0.25) is 0 Å². The number of rotatable bonds is 16. The summed E-state index contributed by atoms with van der Waals surface area (Å²) in [6.45, 7) is 4.56. The predicted molar refractivity (Wildman–Crippen MR) is 230 cm³/mol. The van der Waals surface area contributed by atoms with Gasteiger partial charge in [-0.05, 0) is 116 Å². The van der Waals surface area contributed by atoms with Gasteiger partial charge in [-0.3, -0.25) is 14.5 Å². The number of phenols is 1. The highest BCUT2D eigenvalue weighted by Gasteiger charge is 2.43. The van der Waals surface area contributed by atoms with Gasteiger partial charge in [0.25, 0.3) is 5.91 Å². The third-order valence-corrected chi connectivity index (χ3v) is 12.8. The molecule has 5 N–H and O–H groups in total. The molecule has 2 bridgehead atoms. The van der Waals surface area contributed by atoms with Crippen molar-refractivity contribution in [2.75, 3.05) is 39.3 Å². The number of hydrogen-bond donors (Lipinski definition) is 5. The molecule has 3 saturated heterocycles. The number of fused-ring (bicyclic) bond motifs is 4. The van der Waals surface area contributed by atoms with Crippen LogP contribution in [0.5, 0.6) is 11.5 Å². The van der Waals surface area contributed by atoms with Gasteiger partial charge >= 0.3 is 6.09 Å². The molecule has 0 radical (unpaired) electrons. The van der Waals surface area contributed by atoms with Crippen molar-refractivity contribution >= 4 is 22.9 Å². The summed E-state index contributed by atoms with van der Waals surface area (Å²) in [6, 6.07) is 31.0. The smallest absolute Gasteiger partial charge is 0.408 e. The van der Waals surface area contributed by atoms with E-state index in [0.29, 0.717) is 53.2 Å². The monoisotopic (exact) mass is 813 g/mol. The van der Waals surface area contributed by atoms with E-state index in [2.05, 4.69) is 15.2 Å². The Morgan fingerprint density at radius 1 is 0.883 bits per heavy atom. The van der Waals surface area contributed by atoms with Gasteiger partial charge in [-0.25, -0.2) is 4.79 Å². The second-order valence-corrected chi connectivity index (χ2v) is 16.6. The van der Waals surface area contributed by atoms with Crippen molar-refractivity contribution in [1.29, 1.82) is 0 Å². The molecule has 1 aliphatic carbocycles. The van der Waals surface area contributed by atoms with Crippen LogP contribution in [0.4, 0.5) is 4.79 Å². The zero-order valence-electron chi connectivity index (χ0n) is 33.9. The maximum absolute atomic E-state index is 14.0. The van der Waals surface area contributed by atoms with Crippen LogP contribution in [-0.2, 0) is 6.61 Å². The molecule has 314 valence electrons. The first-order valence-corrected chi connectivity index (χ1v) is 21.4. The fraction of sp³-hybridized carbons (Fsp3) is 0.396. The maximum Gasteiger partial charge on any atom is 0.408 e. The van der Waals surface area contributed by atoms with Crippen molar-refractivity contribution in [2.45, 2.75) is 75.8 Å². The van der Waals surface area contributed by atoms with Crippen LogP contribution in [-0.4, -0.2) is 98.4 Å². The second kappa shape index (κ2) is 18.7. The number of pyridine rings is 1. The van der Waals surface area contributed by atoms with Crippen molar-refractivity contribution in [3.63, 3.8) is 0 Å². The molecule has 1 unspecified atom stereocenters. The number of carbonyl (C=O) groups is 2. The summed E-state index contributed by atoms with van der Waals surface area (Å²) in [6.07, 6.45) is 5.13. The normalized spacial score (nSPS) is 19.9. The summed E-state index contributed by atoms with van der Waals surface area (Å²) < 4.78 is 6.32. The number of aromatic amines is 1. The zero-order valence-corrected chi connectivity index (χ0v) is 33.9. The van der Waals surface area contributed by atoms with Crippen molar-refractivity contribution < 1.29 is 29.6 Å². The quantitative estimate of drug-likeness (QED) is 0.0657. The molecule has 4 heterocycles. The van der Waals surface area contributed by atoms with Crippen LogP contribution in [0, 0.1) is 5.92 Å². The number of nitrogens with one attached hydrogen (secondary N) is 2. The Hall–Kier alpha value is -5.69. The molecule has 1 saturated carbocycles. The number of aliphatic hydroxyl groups is 1. The lowest BCUT2D eigenvalue weighted by Crippen LogP contribution is -2.59. The standard InChI is InChI=1S/C48H55N5O7/c54-42-20-18-39(40-19-21-44(56)50-45(40)42)43(55)29-49-24-7-25-52(37-11-4-5-12-37)47(57)35-16-14-32(15-17-35)31-60-38-13-6-10-36(28-38)46(34-8-2-1-3-9-34)53(48(58)59)41-30-51-26-22-33(41)23-27-51/h1-3,6,8-10,13-21,28,33,37,41,43,46,49,54-55H,4-5,7,11-12,22-27,29-31H2,(H,50,56)(H,58,59)/t41-,43+,46?/m0/s1. The van der Waals surface area contributed by atoms with Crippen molar-refractivity contribution in [3.8, 4) is 11.5 Å². The van der Waals surface area contributed by atoms with E-state index in [9.17, 15) is 29.7 Å². The number of aliphatic hydroxyl groups excluding tert-OH is 1. The molecule has 0 spiro atoms. The summed E-state index contributed by atoms with van der Waals surface area (Å²) in [7, 11) is 0. The van der Waals surface area contributed by atoms with Gasteiger partial charge in [0, 0.05) is 42.7 Å². The van der Waals surface area contributed by atoms with Gasteiger partial charge in [-0.2, -0.15) is 0 Å². The van der Waals surface area contributed by atoms with E-state index in [1.54, 1.807) is 17.0 Å². The van der Waals surface area contributed by atoms with Gasteiger partial charge in [0.2, 0.25) is 5.56 Å². The third-order valence-electron chi connectivity index (χ3n) is 12.8. The zero-order chi connectivity index (χ0) is 41.6. The van der Waals surface area contributed by atoms with E-state index in [-0.39, 0.29) is 42.5 Å². The predicted octanol–water partition coefficient (Wildman–Crippen LogP) is 7.07. The minimum Gasteiger partial charge on any atom is -0.506 e. The van der Waals surface area contributed by atoms with Crippen molar-refractivity contribution in [1.82, 2.24) is 25.0 Å². The van der Waals surface area contributed by atoms with Crippen LogP contribution >= 0.6 is 0 Å². The van der Waals surface area contributed by atoms with Gasteiger partial charge in [-0.15, -0.1) is 0 Å². The first-order chi connectivity index (χ1) is 29.2. The SMILES string of the molecule is O=C(c1ccc(COc2cccc(C(c3ccccc3)N(C(=O)O)[C@H]3CN4CCC3CC4)c2)cc1)N(CCCNC[C@@H](O)c1ccc(O)c2[nH]c(=O)ccc12)C1CCCC1. The van der Waals surface area contributed by atoms with E-state index in [4.69, 9.17) is 4.74 Å². The first kappa shape index (κ1) is 41.1. The number of amides is 2. The van der Waals surface area contributed by atoms with Crippen LogP contribution in [0.25, 0.3) is 10.9 Å². The minimum atomic E-state index is -0.913. The molecule has 4 fully saturated rings. The molecule has 5 aromatic rings. The van der Waals surface area contributed by atoms with E-state index in [0.717, 1.165) is 74.8 Å². The summed E-state index contributed by atoms with van der Waals surface area (Å²) in [4.78, 5) is 47.5. The summed E-state index contributed by atoms with van der Waals surface area (Å²) in [5.41, 5.74) is 3.91. The number of phenolic OH excluding ortho intramolecular Hbond substituents is 1. The summed E-state index contributed by atoms with van der Waals surface area (Å²) in [5.74, 6) is 0.945. The van der Waals surface area contributed by atoms with Gasteiger partial charge in [0.15, 0.2) is 0 Å². The molecule has 12 heteroatoms. The molecule has 2 amide bonds. The molecule has 3 aliphatic heterocycles. The highest BCUT2D eigenvalue weighted by atomic mass is 16.5. The molecule has 60 heavy (non-hydrogen) atoms. The van der Waals surface area contributed by atoms with Crippen LogP contribution < -0.4 is 15.6 Å². The number of aromatic hydroxyl groups is 1. The Morgan fingerprint density at radius 3 is 2.35 bits per heavy atom. The number of nitrogens with zero attached hydrogens (tertiary/aromatic N) is 3. The Balaban J connectivity index is 0.889. The molecule has 12 nitrogen and oxygen atoms in total. The average Bonchev–Trinajstić information content (AvgIpc) is 3.82. The minimum absolute atomic E-state index is 0.00425. The molecule has 1 aromatic heterocycles. The van der Waals surface area contributed by atoms with E-state index in [1.165, 1.54) is 12.1 Å². The molecule has 3 atom stereocenters. The number of carbonyl (C=O) groups excluding carboxylic acids is 1. The summed E-state index contributed by atoms with van der Waals surface area (Å²) >= 11 is 0. The van der Waals surface area contributed by atoms with Crippen molar-refractivity contribution in [2.24, 2.45) is 5.92 Å². The Kier molecular flexibility index (Phi) is 12.8. The van der Waals surface area contributed by atoms with E-state index in [1.807, 2.05) is 83.8 Å². The van der Waals surface area contributed by atoms with Gasteiger partial charge in [0.05, 0.1) is 23.7 Å². The van der Waals surface area contributed by atoms with Crippen LogP contribution in [0.1, 0.15) is 89.7 Å². The fourth-order valence-corrected chi connectivity index (χ4v) is 9.63. The summed E-state index contributed by atoms with van der Waals surface area (Å²) in [5, 5.41) is 35.8. The molecule has 4 aromatic carbocycles. The average molecular weight is 814 g/mol. The fourth-order valence-electron chi connectivity index (χ4n) is 9.63. The number of carboxylic acid groups (broad SMARTS) is 1. The molecule has 4 aliphatic rings. The Bertz CT molecular complexity index is 2300. The number of aromatic nitrogens is 1. The van der Waals surface area contributed by atoms with E-state index < -0.39 is 18.2 Å². The topological polar surface area (TPSA) is 159 Å². The first-order valence-electron chi connectivity index (χ1n) is 21.4. The number of H-pyrrole nitrogens is 1. The second-order valence-electron chi connectivity index (χ2n) is 16.6. The highest BCUT2D eigenvalue weighted by Crippen LogP contribution is 2.39. The van der Waals surface area contributed by atoms with Crippen LogP contribution in [0.15, 0.2) is 108 Å². The highest BCUT2D eigenvalue weighted by molar-refractivity contribution is 5.94. The largest absolute Gasteiger partial charge is 0.506 e. The molecule has 9 rings (SSSR count). The van der Waals surface area contributed by atoms with Gasteiger partial charge in [0.1, 0.15) is 18.1 Å². The number of ether oxygens (including phenoxy) is 1. The lowest BCUT2D eigenvalue weighted by Gasteiger charge is -2.50. The number of hydrogen-bond acceptors (Lipinski definition) is 8. The van der Waals surface area contributed by atoms with Crippen LogP contribution in [0.3, 0.4) is 0 Å². The third kappa shape index (κ3) is 9.21. The Labute approximate surface area is 350 Å². The lowest BCUT2D eigenvalue weighted by atomic mass is 9.81. The number of benzene rings is 4. The maximum atomic E-state index is 14.0. The molecular formula is C48H55N5O7. The number of piperidine rings is 3. The van der Waals surface area contributed by atoms with Crippen molar-refractivity contribution in [3.05, 3.63) is 141 Å².